The first-order valence-corrected chi connectivity index (χ1v) is 17.1. The number of carbonyl (C=O) groups is 2. The summed E-state index contributed by atoms with van der Waals surface area (Å²) < 4.78 is 5.95. The van der Waals surface area contributed by atoms with Gasteiger partial charge >= 0.3 is 11.9 Å². The monoisotopic (exact) mass is 638 g/mol. The molecule has 0 aromatic heterocycles. The first kappa shape index (κ1) is 38.8. The van der Waals surface area contributed by atoms with Gasteiger partial charge in [-0.15, -0.1) is 0 Å². The lowest BCUT2D eigenvalue weighted by Crippen LogP contribution is -2.08. The molecule has 252 valence electrons. The normalized spacial score (nSPS) is 12.8. The van der Waals surface area contributed by atoms with Crippen LogP contribution in [0.15, 0.2) is 103 Å². The van der Waals surface area contributed by atoms with E-state index in [0.29, 0.717) is 24.5 Å². The van der Waals surface area contributed by atoms with Crippen LogP contribution < -0.4 is 4.74 Å². The average Bonchev–Trinajstić information content (AvgIpc) is 3.10. The van der Waals surface area contributed by atoms with Crippen LogP contribution in [0.5, 0.6) is 5.75 Å². The summed E-state index contributed by atoms with van der Waals surface area (Å²) in [6, 6.07) is 34.5. The van der Waals surface area contributed by atoms with Crippen molar-refractivity contribution in [3.63, 3.8) is 0 Å². The molecule has 1 unspecified atom stereocenters. The molecule has 0 aliphatic heterocycles. The number of unbranched alkanes of at least 4 members (excludes halogenated alkanes) is 2. The van der Waals surface area contributed by atoms with E-state index >= 15 is 0 Å². The molecule has 0 saturated heterocycles. The summed E-state index contributed by atoms with van der Waals surface area (Å²) in [6.45, 7) is 9.28. The number of hydrogen-bond acceptors (Lipinski definition) is 3. The Hall–Kier alpha value is -4.38. The topological polar surface area (TPSA) is 83.8 Å². The van der Waals surface area contributed by atoms with Crippen LogP contribution in [0.2, 0.25) is 0 Å². The van der Waals surface area contributed by atoms with Crippen molar-refractivity contribution >= 4 is 11.9 Å². The van der Waals surface area contributed by atoms with Crippen molar-refractivity contribution in [1.29, 1.82) is 0 Å². The number of ether oxygens (including phenoxy) is 1. The number of aromatic carboxylic acids is 1. The summed E-state index contributed by atoms with van der Waals surface area (Å²) in [7, 11) is 0. The Morgan fingerprint density at radius 2 is 1.40 bits per heavy atom. The van der Waals surface area contributed by atoms with Crippen LogP contribution in [0.4, 0.5) is 0 Å². The molecule has 0 fully saturated rings. The highest BCUT2D eigenvalue weighted by atomic mass is 16.5. The third-order valence-electron chi connectivity index (χ3n) is 7.98. The molecular formula is C42H54O5. The van der Waals surface area contributed by atoms with Crippen LogP contribution in [-0.4, -0.2) is 22.2 Å². The number of carboxylic acid groups (broad SMARTS) is 2. The molecule has 5 nitrogen and oxygen atoms in total. The zero-order valence-corrected chi connectivity index (χ0v) is 28.8. The van der Waals surface area contributed by atoms with E-state index in [4.69, 9.17) is 14.9 Å². The molecule has 1 atom stereocenters. The van der Waals surface area contributed by atoms with E-state index in [2.05, 4.69) is 70.2 Å². The molecule has 0 amide bonds. The lowest BCUT2D eigenvalue weighted by atomic mass is 9.83. The maximum Gasteiger partial charge on any atom is 0.335 e. The predicted molar refractivity (Wildman–Crippen MR) is 194 cm³/mol. The minimum Gasteiger partial charge on any atom is -0.489 e. The maximum absolute atomic E-state index is 10.8. The summed E-state index contributed by atoms with van der Waals surface area (Å²) in [4.78, 5) is 20.6. The molecule has 5 rings (SSSR count). The van der Waals surface area contributed by atoms with E-state index in [1.54, 1.807) is 6.07 Å². The third kappa shape index (κ3) is 15.6. The number of para-hydroxylation sites is 1. The van der Waals surface area contributed by atoms with Gasteiger partial charge in [0.15, 0.2) is 0 Å². The number of carboxylic acids is 2. The fraction of sp³-hybridized carbons (Fsp3) is 0.381. The lowest BCUT2D eigenvalue weighted by molar-refractivity contribution is -0.137. The Morgan fingerprint density at radius 1 is 0.766 bits per heavy atom. The molecule has 0 bridgehead atoms. The van der Waals surface area contributed by atoms with Crippen molar-refractivity contribution in [3.05, 3.63) is 137 Å². The molecule has 5 heteroatoms. The summed E-state index contributed by atoms with van der Waals surface area (Å²) in [5.41, 5.74) is 6.87. The Morgan fingerprint density at radius 3 is 1.98 bits per heavy atom. The Bertz CT molecular complexity index is 1400. The van der Waals surface area contributed by atoms with Crippen molar-refractivity contribution < 1.29 is 24.5 Å². The summed E-state index contributed by atoms with van der Waals surface area (Å²) in [5.74, 6) is 0.0926. The first-order valence-electron chi connectivity index (χ1n) is 17.1. The van der Waals surface area contributed by atoms with E-state index in [1.165, 1.54) is 40.7 Å². The molecule has 4 aromatic rings. The largest absolute Gasteiger partial charge is 0.489 e. The third-order valence-corrected chi connectivity index (χ3v) is 7.98. The van der Waals surface area contributed by atoms with E-state index in [-0.39, 0.29) is 0 Å². The Kier molecular flexibility index (Phi) is 19.0. The van der Waals surface area contributed by atoms with Crippen LogP contribution in [0.25, 0.3) is 0 Å². The summed E-state index contributed by atoms with van der Waals surface area (Å²) in [6.07, 6.45) is 10.0. The molecule has 0 heterocycles. The molecule has 2 N–H and O–H groups in total. The molecular weight excluding hydrogens is 584 g/mol. The van der Waals surface area contributed by atoms with Gasteiger partial charge in [0.1, 0.15) is 12.4 Å². The number of aliphatic carboxylic acids is 1. The molecule has 1 aliphatic carbocycles. The number of hydrogen-bond donors (Lipinski definition) is 2. The van der Waals surface area contributed by atoms with Crippen molar-refractivity contribution in [2.24, 2.45) is 0 Å². The maximum atomic E-state index is 10.8. The van der Waals surface area contributed by atoms with Crippen molar-refractivity contribution in [2.45, 2.75) is 104 Å². The molecule has 0 radical (unpaired) electrons. The highest BCUT2D eigenvalue weighted by Gasteiger charge is 2.17. The van der Waals surface area contributed by atoms with Crippen molar-refractivity contribution in [2.75, 3.05) is 0 Å². The van der Waals surface area contributed by atoms with Crippen LogP contribution in [0.3, 0.4) is 0 Å². The summed E-state index contributed by atoms with van der Waals surface area (Å²) in [5, 5.41) is 17.0. The van der Waals surface area contributed by atoms with Gasteiger partial charge < -0.3 is 14.9 Å². The van der Waals surface area contributed by atoms with Gasteiger partial charge in [-0.3, -0.25) is 4.79 Å². The van der Waals surface area contributed by atoms with Crippen molar-refractivity contribution in [1.82, 2.24) is 0 Å². The number of rotatable bonds is 11. The van der Waals surface area contributed by atoms with Gasteiger partial charge in [0, 0.05) is 6.42 Å². The summed E-state index contributed by atoms with van der Waals surface area (Å²) >= 11 is 0. The van der Waals surface area contributed by atoms with Crippen LogP contribution >= 0.6 is 0 Å². The average molecular weight is 639 g/mol. The smallest absolute Gasteiger partial charge is 0.335 e. The first-order chi connectivity index (χ1) is 22.8. The minimum absolute atomic E-state index is 0.327. The number of aryl methyl sites for hydroxylation is 3. The van der Waals surface area contributed by atoms with Gasteiger partial charge in [-0.05, 0) is 90.5 Å². The zero-order valence-electron chi connectivity index (χ0n) is 28.8. The predicted octanol–water partition coefficient (Wildman–Crippen LogP) is 10.9. The highest BCUT2D eigenvalue weighted by Crippen LogP contribution is 2.31. The fourth-order valence-corrected chi connectivity index (χ4v) is 5.25. The van der Waals surface area contributed by atoms with E-state index in [9.17, 15) is 9.59 Å². The van der Waals surface area contributed by atoms with E-state index < -0.39 is 11.9 Å². The van der Waals surface area contributed by atoms with Gasteiger partial charge in [0.2, 0.25) is 0 Å². The molecule has 4 aromatic carbocycles. The van der Waals surface area contributed by atoms with Crippen LogP contribution in [0, 0.1) is 0 Å². The Labute approximate surface area is 282 Å². The second kappa shape index (κ2) is 23.0. The van der Waals surface area contributed by atoms with Crippen LogP contribution in [-0.2, 0) is 30.7 Å². The second-order valence-electron chi connectivity index (χ2n) is 11.8. The zero-order chi connectivity index (χ0) is 34.3. The van der Waals surface area contributed by atoms with E-state index in [1.807, 2.05) is 54.6 Å². The van der Waals surface area contributed by atoms with Crippen LogP contribution in [0.1, 0.15) is 117 Å². The highest BCUT2D eigenvalue weighted by molar-refractivity contribution is 5.88. The van der Waals surface area contributed by atoms with Crippen molar-refractivity contribution in [3.8, 4) is 5.75 Å². The molecule has 0 spiro atoms. The standard InChI is InChI=1S/C18H22O.C12H14O2.C6H12O2.C6H6/c1-3-7-17-8-5-6-9-18(17)19-14-16-12-10-15(4-2)11-13-16;1-8-3-2-4-9-7-10(12(13)14)5-6-11(8)9;1-2-3-4-5-6(7)8;1-2-4-6-5-3-1/h5-6,8-13H,3-4,7,14H2,1-2H3;5-8H,2-4H2,1H3,(H,13,14);2-5H2,1H3,(H,7,8);1-6H. The van der Waals surface area contributed by atoms with Gasteiger partial charge in [-0.1, -0.05) is 132 Å². The van der Waals surface area contributed by atoms with Gasteiger partial charge in [-0.25, -0.2) is 4.79 Å². The van der Waals surface area contributed by atoms with Gasteiger partial charge in [0.25, 0.3) is 0 Å². The SMILES string of the molecule is CC1CCCc2cc(C(=O)O)ccc21.CCCCCC(=O)O.CCCc1ccccc1OCc1ccc(CC)cc1.c1ccccc1. The minimum atomic E-state index is -0.828. The molecule has 47 heavy (non-hydrogen) atoms. The van der Waals surface area contributed by atoms with Gasteiger partial charge in [0.05, 0.1) is 5.56 Å². The number of benzene rings is 4. The lowest BCUT2D eigenvalue weighted by Gasteiger charge is -2.22. The Balaban J connectivity index is 0.000000239. The quantitative estimate of drug-likeness (QED) is 0.160. The van der Waals surface area contributed by atoms with Gasteiger partial charge in [-0.2, -0.15) is 0 Å². The fourth-order valence-electron chi connectivity index (χ4n) is 5.25. The molecule has 1 aliphatic rings. The number of fused-ring (bicyclic) bond motifs is 1. The second-order valence-corrected chi connectivity index (χ2v) is 11.8. The van der Waals surface area contributed by atoms with E-state index in [0.717, 1.165) is 50.7 Å². The molecule has 0 saturated carbocycles.